The van der Waals surface area contributed by atoms with Crippen molar-refractivity contribution in [2.45, 2.75) is 25.4 Å². The molecule has 2 amide bonds. The molecule has 140 valence electrons. The maximum atomic E-state index is 12.7. The lowest BCUT2D eigenvalue weighted by molar-refractivity contribution is -0.143. The molecule has 1 spiro atoms. The minimum Gasteiger partial charge on any atom is -0.363 e. The van der Waals surface area contributed by atoms with Gasteiger partial charge in [-0.1, -0.05) is 24.3 Å². The molecule has 27 heavy (non-hydrogen) atoms. The first-order chi connectivity index (χ1) is 13.1. The number of aryl methyl sites for hydroxylation is 1. The van der Waals surface area contributed by atoms with Gasteiger partial charge in [-0.3, -0.25) is 14.6 Å². The van der Waals surface area contributed by atoms with Gasteiger partial charge >= 0.3 is 0 Å². The number of carbonyl (C=O) groups excluding carboxylic acids is 2. The summed E-state index contributed by atoms with van der Waals surface area (Å²) in [6.45, 7) is 3.77. The van der Waals surface area contributed by atoms with E-state index in [-0.39, 0.29) is 24.0 Å². The Labute approximate surface area is 158 Å². The van der Waals surface area contributed by atoms with E-state index in [1.165, 1.54) is 0 Å². The third kappa shape index (κ3) is 3.57. The number of piperidine rings is 1. The minimum absolute atomic E-state index is 0.0193. The molecule has 1 aromatic heterocycles. The number of para-hydroxylation sites is 1. The van der Waals surface area contributed by atoms with Crippen LogP contribution in [-0.4, -0.2) is 53.5 Å². The van der Waals surface area contributed by atoms with Crippen LogP contribution in [0.3, 0.4) is 0 Å². The van der Waals surface area contributed by atoms with E-state index >= 15 is 0 Å². The van der Waals surface area contributed by atoms with Gasteiger partial charge in [0, 0.05) is 25.0 Å². The minimum atomic E-state index is -0.388. The van der Waals surface area contributed by atoms with Crippen molar-refractivity contribution < 1.29 is 14.3 Å². The van der Waals surface area contributed by atoms with Crippen LogP contribution in [0.4, 0.5) is 5.69 Å². The molecule has 0 unspecified atom stereocenters. The Balaban J connectivity index is 1.44. The molecule has 2 aliphatic rings. The van der Waals surface area contributed by atoms with Crippen molar-refractivity contribution in [3.63, 3.8) is 0 Å². The number of anilines is 1. The lowest BCUT2D eigenvalue weighted by Crippen LogP contribution is -2.59. The third-order valence-corrected chi connectivity index (χ3v) is 5.41. The number of ether oxygens (including phenoxy) is 1. The fourth-order valence-electron chi connectivity index (χ4n) is 3.73. The van der Waals surface area contributed by atoms with Gasteiger partial charge in [-0.15, -0.1) is 0 Å². The van der Waals surface area contributed by atoms with Crippen LogP contribution in [0.15, 0.2) is 48.7 Å². The highest BCUT2D eigenvalue weighted by Gasteiger charge is 2.43. The van der Waals surface area contributed by atoms with Gasteiger partial charge in [-0.05, 0) is 43.5 Å². The van der Waals surface area contributed by atoms with Crippen LogP contribution in [0.5, 0.6) is 0 Å². The Morgan fingerprint density at radius 1 is 1.11 bits per heavy atom. The van der Waals surface area contributed by atoms with E-state index in [4.69, 9.17) is 4.74 Å². The number of pyridine rings is 1. The quantitative estimate of drug-likeness (QED) is 0.820. The SMILES string of the molecule is Cc1ccc(C(=O)N2CCC3(CC2)CN(c2ccccc2)C(=O)CO3)nc1. The molecule has 2 saturated heterocycles. The summed E-state index contributed by atoms with van der Waals surface area (Å²) >= 11 is 0. The molecule has 0 N–H and O–H groups in total. The summed E-state index contributed by atoms with van der Waals surface area (Å²) in [7, 11) is 0. The highest BCUT2D eigenvalue weighted by atomic mass is 16.5. The van der Waals surface area contributed by atoms with Gasteiger partial charge in [0.25, 0.3) is 11.8 Å². The molecule has 6 heteroatoms. The number of rotatable bonds is 2. The number of morpholine rings is 1. The maximum Gasteiger partial charge on any atom is 0.272 e. The summed E-state index contributed by atoms with van der Waals surface area (Å²) < 4.78 is 5.98. The molecule has 0 atom stereocenters. The van der Waals surface area contributed by atoms with Crippen LogP contribution in [0.25, 0.3) is 0 Å². The van der Waals surface area contributed by atoms with Crippen molar-refractivity contribution >= 4 is 17.5 Å². The number of benzene rings is 1. The summed E-state index contributed by atoms with van der Waals surface area (Å²) in [6.07, 6.45) is 3.13. The molecule has 2 aliphatic heterocycles. The summed E-state index contributed by atoms with van der Waals surface area (Å²) in [5.74, 6) is -0.0640. The van der Waals surface area contributed by atoms with Gasteiger partial charge < -0.3 is 14.5 Å². The molecular weight excluding hydrogens is 342 g/mol. The molecule has 2 aromatic rings. The number of aromatic nitrogens is 1. The predicted octanol–water partition coefficient (Wildman–Crippen LogP) is 2.43. The van der Waals surface area contributed by atoms with Crippen molar-refractivity contribution in [3.8, 4) is 0 Å². The lowest BCUT2D eigenvalue weighted by Gasteiger charge is -2.46. The van der Waals surface area contributed by atoms with Gasteiger partial charge in [-0.25, -0.2) is 0 Å². The van der Waals surface area contributed by atoms with E-state index < -0.39 is 0 Å². The smallest absolute Gasteiger partial charge is 0.272 e. The number of carbonyl (C=O) groups is 2. The molecule has 0 radical (unpaired) electrons. The van der Waals surface area contributed by atoms with Crippen LogP contribution in [0.1, 0.15) is 28.9 Å². The topological polar surface area (TPSA) is 62.7 Å². The maximum absolute atomic E-state index is 12.7. The monoisotopic (exact) mass is 365 g/mol. The molecule has 0 saturated carbocycles. The molecule has 1 aromatic carbocycles. The van der Waals surface area contributed by atoms with Crippen molar-refractivity contribution in [3.05, 3.63) is 59.9 Å². The van der Waals surface area contributed by atoms with Crippen molar-refractivity contribution in [1.82, 2.24) is 9.88 Å². The first kappa shape index (κ1) is 17.7. The largest absolute Gasteiger partial charge is 0.363 e. The van der Waals surface area contributed by atoms with Crippen LogP contribution in [0.2, 0.25) is 0 Å². The summed E-state index contributed by atoms with van der Waals surface area (Å²) in [4.78, 5) is 32.9. The Hall–Kier alpha value is -2.73. The van der Waals surface area contributed by atoms with Gasteiger partial charge in [0.05, 0.1) is 12.1 Å². The van der Waals surface area contributed by atoms with Crippen LogP contribution in [0, 0.1) is 6.92 Å². The van der Waals surface area contributed by atoms with Crippen molar-refractivity contribution in [2.75, 3.05) is 31.1 Å². The van der Waals surface area contributed by atoms with E-state index in [0.29, 0.717) is 38.2 Å². The molecule has 0 aliphatic carbocycles. The zero-order chi connectivity index (χ0) is 18.9. The van der Waals surface area contributed by atoms with Gasteiger partial charge in [0.2, 0.25) is 0 Å². The van der Waals surface area contributed by atoms with Gasteiger partial charge in [0.1, 0.15) is 12.3 Å². The second kappa shape index (κ2) is 7.12. The van der Waals surface area contributed by atoms with Gasteiger partial charge in [0.15, 0.2) is 0 Å². The Morgan fingerprint density at radius 2 is 1.85 bits per heavy atom. The number of likely N-dealkylation sites (tertiary alicyclic amines) is 1. The zero-order valence-electron chi connectivity index (χ0n) is 15.4. The molecule has 4 rings (SSSR count). The van der Waals surface area contributed by atoms with E-state index in [9.17, 15) is 9.59 Å². The molecular formula is C21H23N3O3. The second-order valence-electron chi connectivity index (χ2n) is 7.30. The second-order valence-corrected chi connectivity index (χ2v) is 7.30. The Morgan fingerprint density at radius 3 is 2.52 bits per heavy atom. The van der Waals surface area contributed by atoms with Crippen LogP contribution in [-0.2, 0) is 9.53 Å². The molecule has 6 nitrogen and oxygen atoms in total. The predicted molar refractivity (Wildman–Crippen MR) is 102 cm³/mol. The number of nitrogens with zero attached hydrogens (tertiary/aromatic N) is 3. The van der Waals surface area contributed by atoms with Crippen LogP contribution >= 0.6 is 0 Å². The summed E-state index contributed by atoms with van der Waals surface area (Å²) in [5.41, 5.74) is 2.02. The normalized spacial score (nSPS) is 19.4. The highest BCUT2D eigenvalue weighted by molar-refractivity contribution is 5.95. The van der Waals surface area contributed by atoms with Crippen LogP contribution < -0.4 is 4.90 Å². The number of hydrogen-bond acceptors (Lipinski definition) is 4. The van der Waals surface area contributed by atoms with Gasteiger partial charge in [-0.2, -0.15) is 0 Å². The van der Waals surface area contributed by atoms with E-state index in [1.807, 2.05) is 53.1 Å². The first-order valence-corrected chi connectivity index (χ1v) is 9.28. The van der Waals surface area contributed by atoms with E-state index in [1.54, 1.807) is 12.3 Å². The van der Waals surface area contributed by atoms with Crippen molar-refractivity contribution in [1.29, 1.82) is 0 Å². The Bertz CT molecular complexity index is 828. The van der Waals surface area contributed by atoms with E-state index in [2.05, 4.69) is 4.98 Å². The first-order valence-electron chi connectivity index (χ1n) is 9.28. The Kier molecular flexibility index (Phi) is 4.66. The summed E-state index contributed by atoms with van der Waals surface area (Å²) in [6, 6.07) is 13.4. The van der Waals surface area contributed by atoms with E-state index in [0.717, 1.165) is 11.3 Å². The highest BCUT2D eigenvalue weighted by Crippen LogP contribution is 2.33. The van der Waals surface area contributed by atoms with Crippen molar-refractivity contribution in [2.24, 2.45) is 0 Å². The fraction of sp³-hybridized carbons (Fsp3) is 0.381. The molecule has 3 heterocycles. The molecule has 2 fully saturated rings. The summed E-state index contributed by atoms with van der Waals surface area (Å²) in [5, 5.41) is 0. The fourth-order valence-corrected chi connectivity index (χ4v) is 3.73. The lowest BCUT2D eigenvalue weighted by atomic mass is 9.89. The average molecular weight is 365 g/mol. The number of amides is 2. The molecule has 0 bridgehead atoms. The average Bonchev–Trinajstić information content (AvgIpc) is 2.71. The third-order valence-electron chi connectivity index (χ3n) is 5.41. The zero-order valence-corrected chi connectivity index (χ0v) is 15.4. The number of hydrogen-bond donors (Lipinski definition) is 0. The standard InChI is InChI=1S/C21H23N3O3/c1-16-7-8-18(22-13-16)20(26)23-11-9-21(10-12-23)15-24(19(25)14-27-21)17-5-3-2-4-6-17/h2-8,13H,9-12,14-15H2,1H3.